The Labute approximate surface area is 171 Å². The van der Waals surface area contributed by atoms with E-state index in [9.17, 15) is 9.59 Å². The van der Waals surface area contributed by atoms with Gasteiger partial charge >= 0.3 is 0 Å². The number of nitrogens with one attached hydrogen (secondary N) is 2. The highest BCUT2D eigenvalue weighted by Crippen LogP contribution is 2.26. The second-order valence-electron chi connectivity index (χ2n) is 7.01. The van der Waals surface area contributed by atoms with E-state index in [2.05, 4.69) is 27.8 Å². The third kappa shape index (κ3) is 6.71. The first-order valence-electron chi connectivity index (χ1n) is 10.0. The third-order valence-electron chi connectivity index (χ3n) is 4.75. The van der Waals surface area contributed by atoms with Crippen molar-refractivity contribution in [3.63, 3.8) is 0 Å². The minimum absolute atomic E-state index is 0.0288. The number of anilines is 1. The molecule has 2 rings (SSSR count). The van der Waals surface area contributed by atoms with E-state index in [4.69, 9.17) is 0 Å². The van der Waals surface area contributed by atoms with Crippen LogP contribution in [-0.2, 0) is 9.59 Å². The summed E-state index contributed by atoms with van der Waals surface area (Å²) in [6.07, 6.45) is 5.40. The maximum absolute atomic E-state index is 12.8. The van der Waals surface area contributed by atoms with Crippen molar-refractivity contribution in [2.24, 2.45) is 5.92 Å². The average Bonchev–Trinajstić information content (AvgIpc) is 3.18. The van der Waals surface area contributed by atoms with Gasteiger partial charge in [-0.15, -0.1) is 10.2 Å². The van der Waals surface area contributed by atoms with E-state index in [1.807, 2.05) is 44.2 Å². The summed E-state index contributed by atoms with van der Waals surface area (Å²) in [7, 11) is 0. The normalized spacial score (nSPS) is 13.0. The first-order chi connectivity index (χ1) is 13.5. The summed E-state index contributed by atoms with van der Waals surface area (Å²) < 4.78 is 0. The summed E-state index contributed by atoms with van der Waals surface area (Å²) >= 11 is 1.32. The fraction of sp³-hybridized carbons (Fsp3) is 0.524. The summed E-state index contributed by atoms with van der Waals surface area (Å²) in [6.45, 7) is 6.12. The second-order valence-corrected chi connectivity index (χ2v) is 7.99. The molecule has 0 fully saturated rings. The lowest BCUT2D eigenvalue weighted by Gasteiger charge is -2.23. The number of hydrogen-bond donors (Lipinski definition) is 2. The largest absolute Gasteiger partial charge is 0.344 e. The number of aromatic nitrogens is 2. The molecule has 0 aliphatic carbocycles. The Morgan fingerprint density at radius 1 is 1.07 bits per heavy atom. The lowest BCUT2D eigenvalue weighted by molar-refractivity contribution is -0.127. The number of carbonyl (C=O) groups is 2. The van der Waals surface area contributed by atoms with Gasteiger partial charge in [0, 0.05) is 12.0 Å². The lowest BCUT2D eigenvalue weighted by Crippen LogP contribution is -2.47. The van der Waals surface area contributed by atoms with Gasteiger partial charge in [0.15, 0.2) is 0 Å². The second kappa shape index (κ2) is 11.5. The quantitative estimate of drug-likeness (QED) is 0.536. The van der Waals surface area contributed by atoms with Gasteiger partial charge < -0.3 is 5.32 Å². The van der Waals surface area contributed by atoms with Gasteiger partial charge in [0.05, 0.1) is 0 Å². The number of amides is 2. The van der Waals surface area contributed by atoms with Crippen LogP contribution in [0.5, 0.6) is 0 Å². The van der Waals surface area contributed by atoms with E-state index in [-0.39, 0.29) is 17.7 Å². The van der Waals surface area contributed by atoms with Crippen LogP contribution in [0.3, 0.4) is 0 Å². The van der Waals surface area contributed by atoms with Crippen LogP contribution in [0.4, 0.5) is 5.13 Å². The van der Waals surface area contributed by atoms with Crippen molar-refractivity contribution in [2.45, 2.75) is 65.3 Å². The summed E-state index contributed by atoms with van der Waals surface area (Å²) in [6, 6.07) is 9.13. The fourth-order valence-corrected chi connectivity index (χ4v) is 3.57. The van der Waals surface area contributed by atoms with Crippen LogP contribution in [0, 0.1) is 5.92 Å². The van der Waals surface area contributed by atoms with Gasteiger partial charge in [0.1, 0.15) is 11.0 Å². The Hall–Kier alpha value is -2.28. The molecule has 6 nitrogen and oxygen atoms in total. The predicted molar refractivity (Wildman–Crippen MR) is 114 cm³/mol. The zero-order valence-electron chi connectivity index (χ0n) is 16.9. The molecule has 152 valence electrons. The molecule has 7 heteroatoms. The first-order valence-corrected chi connectivity index (χ1v) is 10.9. The van der Waals surface area contributed by atoms with Gasteiger partial charge in [-0.1, -0.05) is 88.1 Å². The van der Waals surface area contributed by atoms with Crippen molar-refractivity contribution in [1.29, 1.82) is 0 Å². The van der Waals surface area contributed by atoms with Crippen molar-refractivity contribution >= 4 is 28.3 Å². The Bertz CT molecular complexity index is 748. The number of rotatable bonds is 11. The summed E-state index contributed by atoms with van der Waals surface area (Å²) in [5.74, 6) is -0.285. The van der Waals surface area contributed by atoms with Crippen LogP contribution in [0.25, 0.3) is 10.6 Å². The van der Waals surface area contributed by atoms with Gasteiger partial charge in [-0.3, -0.25) is 14.9 Å². The topological polar surface area (TPSA) is 84.0 Å². The Morgan fingerprint density at radius 2 is 1.82 bits per heavy atom. The molecule has 0 saturated heterocycles. The molecule has 1 aromatic carbocycles. The molecule has 1 heterocycles. The van der Waals surface area contributed by atoms with E-state index >= 15 is 0 Å². The van der Waals surface area contributed by atoms with Crippen LogP contribution in [0.1, 0.15) is 59.3 Å². The molecular weight excluding hydrogens is 372 g/mol. The minimum atomic E-state index is -0.576. The molecule has 0 saturated carbocycles. The van der Waals surface area contributed by atoms with Gasteiger partial charge in [-0.05, 0) is 12.3 Å². The predicted octanol–water partition coefficient (Wildman–Crippen LogP) is 4.64. The van der Waals surface area contributed by atoms with Crippen LogP contribution < -0.4 is 10.6 Å². The van der Waals surface area contributed by atoms with Crippen LogP contribution in [0.15, 0.2) is 30.3 Å². The van der Waals surface area contributed by atoms with E-state index in [0.29, 0.717) is 11.6 Å². The molecule has 0 radical (unpaired) electrons. The maximum Gasteiger partial charge on any atom is 0.249 e. The molecule has 0 aliphatic rings. The Morgan fingerprint density at radius 3 is 2.50 bits per heavy atom. The molecule has 0 bridgehead atoms. The smallest absolute Gasteiger partial charge is 0.249 e. The maximum atomic E-state index is 12.8. The lowest BCUT2D eigenvalue weighted by atomic mass is 9.98. The molecule has 0 aliphatic heterocycles. The van der Waals surface area contributed by atoms with Crippen molar-refractivity contribution in [3.05, 3.63) is 30.3 Å². The fourth-order valence-electron chi connectivity index (χ4n) is 2.81. The van der Waals surface area contributed by atoms with Crippen LogP contribution in [0.2, 0.25) is 0 Å². The molecule has 2 amide bonds. The minimum Gasteiger partial charge on any atom is -0.344 e. The summed E-state index contributed by atoms with van der Waals surface area (Å²) in [5, 5.41) is 15.1. The number of hydrogen-bond acceptors (Lipinski definition) is 5. The summed E-state index contributed by atoms with van der Waals surface area (Å²) in [5.41, 5.74) is 0.958. The molecule has 28 heavy (non-hydrogen) atoms. The van der Waals surface area contributed by atoms with E-state index in [1.165, 1.54) is 11.3 Å². The standard InChI is InChI=1S/C21H30N4O2S/c1-4-6-7-11-14-17(26)22-18(15(3)5-2)19(27)23-21-25-24-20(28-21)16-12-9-8-10-13-16/h8-10,12-13,15,18H,4-7,11,14H2,1-3H3,(H,22,26)(H,23,25,27)/t15-,18+/m1/s1. The molecule has 2 aromatic rings. The van der Waals surface area contributed by atoms with Gasteiger partial charge in [0.2, 0.25) is 16.9 Å². The van der Waals surface area contributed by atoms with Gasteiger partial charge in [-0.25, -0.2) is 0 Å². The van der Waals surface area contributed by atoms with Crippen molar-refractivity contribution in [1.82, 2.24) is 15.5 Å². The van der Waals surface area contributed by atoms with Crippen molar-refractivity contribution in [2.75, 3.05) is 5.32 Å². The zero-order valence-corrected chi connectivity index (χ0v) is 17.7. The van der Waals surface area contributed by atoms with Gasteiger partial charge in [0.25, 0.3) is 0 Å². The average molecular weight is 403 g/mol. The van der Waals surface area contributed by atoms with Crippen LogP contribution >= 0.6 is 11.3 Å². The Balaban J connectivity index is 1.97. The van der Waals surface area contributed by atoms with Gasteiger partial charge in [-0.2, -0.15) is 0 Å². The van der Waals surface area contributed by atoms with Crippen LogP contribution in [-0.4, -0.2) is 28.1 Å². The summed E-state index contributed by atoms with van der Waals surface area (Å²) in [4.78, 5) is 25.1. The number of benzene rings is 1. The monoisotopic (exact) mass is 402 g/mol. The molecule has 0 spiro atoms. The molecule has 1 aromatic heterocycles. The molecule has 2 N–H and O–H groups in total. The SMILES string of the molecule is CCCCCCC(=O)N[C@H](C(=O)Nc1nnc(-c2ccccc2)s1)[C@H](C)CC. The van der Waals surface area contributed by atoms with E-state index in [0.717, 1.165) is 42.7 Å². The zero-order chi connectivity index (χ0) is 20.4. The Kier molecular flexibility index (Phi) is 9.07. The number of nitrogens with zero attached hydrogens (tertiary/aromatic N) is 2. The molecule has 2 atom stereocenters. The first kappa shape index (κ1) is 22.0. The van der Waals surface area contributed by atoms with Crippen molar-refractivity contribution < 1.29 is 9.59 Å². The van der Waals surface area contributed by atoms with E-state index < -0.39 is 6.04 Å². The molecular formula is C21H30N4O2S. The third-order valence-corrected chi connectivity index (χ3v) is 5.63. The van der Waals surface area contributed by atoms with Crippen molar-refractivity contribution in [3.8, 4) is 10.6 Å². The molecule has 0 unspecified atom stereocenters. The number of unbranched alkanes of at least 4 members (excludes halogenated alkanes) is 3. The highest BCUT2D eigenvalue weighted by atomic mass is 32.1. The van der Waals surface area contributed by atoms with E-state index in [1.54, 1.807) is 0 Å². The highest BCUT2D eigenvalue weighted by molar-refractivity contribution is 7.18. The number of carbonyl (C=O) groups excluding carboxylic acids is 2. The highest BCUT2D eigenvalue weighted by Gasteiger charge is 2.26.